The summed E-state index contributed by atoms with van der Waals surface area (Å²) in [5, 5.41) is 6.18. The summed E-state index contributed by atoms with van der Waals surface area (Å²) in [6.07, 6.45) is 0. The molecule has 0 aliphatic rings. The van der Waals surface area contributed by atoms with Gasteiger partial charge in [-0.2, -0.15) is 0 Å². The Morgan fingerprint density at radius 1 is 1.24 bits per heavy atom. The quantitative estimate of drug-likeness (QED) is 0.892. The van der Waals surface area contributed by atoms with Gasteiger partial charge in [0.2, 0.25) is 0 Å². The molecule has 1 heterocycles. The van der Waals surface area contributed by atoms with Crippen LogP contribution in [0.1, 0.15) is 10.4 Å². The Bertz CT molecular complexity index is 470. The third-order valence-electron chi connectivity index (χ3n) is 2.48. The molecule has 1 aromatic heterocycles. The summed E-state index contributed by atoms with van der Waals surface area (Å²) in [5.41, 5.74) is 1.01. The highest BCUT2D eigenvalue weighted by molar-refractivity contribution is 7.09. The number of hydrogen-bond acceptors (Lipinski definition) is 3. The predicted molar refractivity (Wildman–Crippen MR) is 72.9 cm³/mol. The second-order valence-corrected chi connectivity index (χ2v) is 5.04. The molecular weight excluding hydrogens is 254 g/mol. The lowest BCUT2D eigenvalue weighted by Gasteiger charge is -2.10. The van der Waals surface area contributed by atoms with E-state index in [0.717, 1.165) is 22.9 Å². The minimum atomic E-state index is 0.709. The van der Waals surface area contributed by atoms with Crippen LogP contribution in [0.4, 0.5) is 0 Å². The molecule has 4 heteroatoms. The summed E-state index contributed by atoms with van der Waals surface area (Å²) in [6.45, 7) is 1.56. The Morgan fingerprint density at radius 3 is 2.82 bits per heavy atom. The molecule has 90 valence electrons. The first kappa shape index (κ1) is 12.4. The van der Waals surface area contributed by atoms with E-state index in [1.165, 1.54) is 4.88 Å². The molecule has 0 atom stereocenters. The highest BCUT2D eigenvalue weighted by Crippen LogP contribution is 2.26. The number of ether oxygens (including phenoxy) is 1. The summed E-state index contributed by atoms with van der Waals surface area (Å²) in [4.78, 5) is 1.32. The zero-order valence-electron chi connectivity index (χ0n) is 9.57. The largest absolute Gasteiger partial charge is 0.496 e. The Kier molecular flexibility index (Phi) is 4.42. The van der Waals surface area contributed by atoms with Crippen LogP contribution in [-0.2, 0) is 13.1 Å². The van der Waals surface area contributed by atoms with Gasteiger partial charge in [0, 0.05) is 28.6 Å². The second-order valence-electron chi connectivity index (χ2n) is 3.60. The maximum absolute atomic E-state index is 6.15. The fraction of sp³-hybridized carbons (Fsp3) is 0.231. The molecule has 17 heavy (non-hydrogen) atoms. The van der Waals surface area contributed by atoms with Crippen LogP contribution in [0.15, 0.2) is 35.7 Å². The van der Waals surface area contributed by atoms with Gasteiger partial charge in [0.25, 0.3) is 0 Å². The van der Waals surface area contributed by atoms with E-state index in [1.54, 1.807) is 18.4 Å². The fourth-order valence-electron chi connectivity index (χ4n) is 1.63. The maximum atomic E-state index is 6.15. The maximum Gasteiger partial charge on any atom is 0.124 e. The molecule has 0 spiro atoms. The van der Waals surface area contributed by atoms with Crippen molar-refractivity contribution in [2.24, 2.45) is 0 Å². The van der Waals surface area contributed by atoms with Crippen LogP contribution >= 0.6 is 22.9 Å². The molecule has 2 rings (SSSR count). The van der Waals surface area contributed by atoms with E-state index in [4.69, 9.17) is 16.3 Å². The van der Waals surface area contributed by atoms with Gasteiger partial charge in [-0.1, -0.05) is 23.7 Å². The van der Waals surface area contributed by atoms with E-state index in [9.17, 15) is 0 Å². The van der Waals surface area contributed by atoms with Crippen LogP contribution in [0.25, 0.3) is 0 Å². The lowest BCUT2D eigenvalue weighted by molar-refractivity contribution is 0.408. The van der Waals surface area contributed by atoms with E-state index in [0.29, 0.717) is 6.54 Å². The second kappa shape index (κ2) is 6.05. The topological polar surface area (TPSA) is 21.3 Å². The molecule has 0 radical (unpaired) electrons. The molecule has 2 aromatic rings. The standard InChI is InChI=1S/C13H14ClNOS/c1-16-13-6-2-5-12(14)11(13)9-15-8-10-4-3-7-17-10/h2-7,15H,8-9H2,1H3. The van der Waals surface area contributed by atoms with Gasteiger partial charge >= 0.3 is 0 Å². The lowest BCUT2D eigenvalue weighted by Crippen LogP contribution is -2.12. The molecule has 0 fully saturated rings. The first-order valence-electron chi connectivity index (χ1n) is 5.35. The van der Waals surface area contributed by atoms with Crippen LogP contribution in [0.5, 0.6) is 5.75 Å². The Morgan fingerprint density at radius 2 is 2.12 bits per heavy atom. The van der Waals surface area contributed by atoms with Crippen molar-refractivity contribution < 1.29 is 4.74 Å². The molecule has 0 amide bonds. The van der Waals surface area contributed by atoms with Crippen molar-refractivity contribution in [3.05, 3.63) is 51.2 Å². The molecule has 0 aliphatic heterocycles. The first-order valence-corrected chi connectivity index (χ1v) is 6.61. The number of benzene rings is 1. The van der Waals surface area contributed by atoms with Crippen LogP contribution in [0, 0.1) is 0 Å². The van der Waals surface area contributed by atoms with Crippen LogP contribution < -0.4 is 10.1 Å². The summed E-state index contributed by atoms with van der Waals surface area (Å²) in [5.74, 6) is 0.830. The Balaban J connectivity index is 1.98. The van der Waals surface area contributed by atoms with Crippen molar-refractivity contribution in [3.8, 4) is 5.75 Å². The number of thiophene rings is 1. The number of halogens is 1. The van der Waals surface area contributed by atoms with Crippen LogP contribution in [-0.4, -0.2) is 7.11 Å². The zero-order chi connectivity index (χ0) is 12.1. The van der Waals surface area contributed by atoms with Crippen molar-refractivity contribution in [2.75, 3.05) is 7.11 Å². The molecule has 0 unspecified atom stereocenters. The minimum Gasteiger partial charge on any atom is -0.496 e. The normalized spacial score (nSPS) is 10.5. The van der Waals surface area contributed by atoms with Gasteiger partial charge in [0.05, 0.1) is 7.11 Å². The molecule has 2 nitrogen and oxygen atoms in total. The van der Waals surface area contributed by atoms with Crippen LogP contribution in [0.2, 0.25) is 5.02 Å². The molecule has 1 aromatic carbocycles. The Labute approximate surface area is 110 Å². The molecule has 0 saturated heterocycles. The van der Waals surface area contributed by atoms with E-state index in [2.05, 4.69) is 22.8 Å². The van der Waals surface area contributed by atoms with E-state index in [-0.39, 0.29) is 0 Å². The zero-order valence-corrected chi connectivity index (χ0v) is 11.1. The molecule has 0 saturated carbocycles. The monoisotopic (exact) mass is 267 g/mol. The SMILES string of the molecule is COc1cccc(Cl)c1CNCc1cccs1. The molecule has 0 bridgehead atoms. The number of hydrogen-bond donors (Lipinski definition) is 1. The highest BCUT2D eigenvalue weighted by Gasteiger charge is 2.06. The van der Waals surface area contributed by atoms with Crippen molar-refractivity contribution in [1.29, 1.82) is 0 Å². The number of methoxy groups -OCH3 is 1. The average molecular weight is 268 g/mol. The van der Waals surface area contributed by atoms with Gasteiger partial charge in [-0.15, -0.1) is 11.3 Å². The first-order chi connectivity index (χ1) is 8.31. The smallest absolute Gasteiger partial charge is 0.124 e. The molecule has 0 aliphatic carbocycles. The summed E-state index contributed by atoms with van der Waals surface area (Å²) in [6, 6.07) is 9.86. The summed E-state index contributed by atoms with van der Waals surface area (Å²) >= 11 is 7.90. The van der Waals surface area contributed by atoms with Gasteiger partial charge in [-0.3, -0.25) is 0 Å². The average Bonchev–Trinajstić information content (AvgIpc) is 2.84. The van der Waals surface area contributed by atoms with Crippen molar-refractivity contribution in [3.63, 3.8) is 0 Å². The third-order valence-corrected chi connectivity index (χ3v) is 3.71. The molecule has 1 N–H and O–H groups in total. The lowest BCUT2D eigenvalue weighted by atomic mass is 10.2. The fourth-order valence-corrected chi connectivity index (χ4v) is 2.53. The summed E-state index contributed by atoms with van der Waals surface area (Å²) < 4.78 is 5.29. The Hall–Kier alpha value is -1.03. The predicted octanol–water partition coefficient (Wildman–Crippen LogP) is 3.70. The number of nitrogens with one attached hydrogen (secondary N) is 1. The number of rotatable bonds is 5. The van der Waals surface area contributed by atoms with E-state index >= 15 is 0 Å². The van der Waals surface area contributed by atoms with Gasteiger partial charge in [-0.25, -0.2) is 0 Å². The van der Waals surface area contributed by atoms with E-state index in [1.807, 2.05) is 18.2 Å². The van der Waals surface area contributed by atoms with E-state index < -0.39 is 0 Å². The van der Waals surface area contributed by atoms with Gasteiger partial charge in [-0.05, 0) is 23.6 Å². The van der Waals surface area contributed by atoms with Crippen molar-refractivity contribution >= 4 is 22.9 Å². The van der Waals surface area contributed by atoms with Gasteiger partial charge < -0.3 is 10.1 Å². The highest BCUT2D eigenvalue weighted by atomic mass is 35.5. The van der Waals surface area contributed by atoms with Gasteiger partial charge in [0.15, 0.2) is 0 Å². The van der Waals surface area contributed by atoms with Crippen LogP contribution in [0.3, 0.4) is 0 Å². The van der Waals surface area contributed by atoms with Crippen molar-refractivity contribution in [1.82, 2.24) is 5.32 Å². The molecular formula is C13H14ClNOS. The van der Waals surface area contributed by atoms with Gasteiger partial charge in [0.1, 0.15) is 5.75 Å². The summed E-state index contributed by atoms with van der Waals surface area (Å²) in [7, 11) is 1.66. The minimum absolute atomic E-state index is 0.709. The third kappa shape index (κ3) is 3.22. The van der Waals surface area contributed by atoms with Crippen molar-refractivity contribution in [2.45, 2.75) is 13.1 Å².